The summed E-state index contributed by atoms with van der Waals surface area (Å²) in [5.74, 6) is -1.64. The largest absolute Gasteiger partial charge is 0.419 e. The summed E-state index contributed by atoms with van der Waals surface area (Å²) < 4.78 is 67.7. The average molecular weight is 469 g/mol. The van der Waals surface area contributed by atoms with Crippen molar-refractivity contribution in [3.05, 3.63) is 95.6 Å². The molecule has 0 heterocycles. The fourth-order valence-corrected chi connectivity index (χ4v) is 4.24. The number of alkyl halides is 3. The van der Waals surface area contributed by atoms with Crippen LogP contribution in [0.1, 0.15) is 43.7 Å². The Hall–Kier alpha value is -3.21. The minimum absolute atomic E-state index is 0.316. The van der Waals surface area contributed by atoms with Gasteiger partial charge in [-0.15, -0.1) is 0 Å². The van der Waals surface area contributed by atoms with Gasteiger partial charge in [-0.1, -0.05) is 86.8 Å². The third-order valence-corrected chi connectivity index (χ3v) is 6.14. The fourth-order valence-electron chi connectivity index (χ4n) is 4.24. The molecule has 0 aromatic heterocycles. The third-order valence-electron chi connectivity index (χ3n) is 6.14. The number of hydrogen-bond acceptors (Lipinski definition) is 0. The zero-order chi connectivity index (χ0) is 24.3. The highest BCUT2D eigenvalue weighted by atomic mass is 19.4. The summed E-state index contributed by atoms with van der Waals surface area (Å²) in [6.45, 7) is 2.18. The minimum Gasteiger partial charge on any atom is -0.206 e. The Bertz CT molecular complexity index is 1290. The molecule has 0 aliphatic carbocycles. The summed E-state index contributed by atoms with van der Waals surface area (Å²) in [5, 5.41) is 1.40. The van der Waals surface area contributed by atoms with E-state index >= 15 is 4.39 Å². The number of benzene rings is 4. The van der Waals surface area contributed by atoms with Gasteiger partial charge in [0.05, 0.1) is 5.56 Å². The molecule has 4 aromatic rings. The van der Waals surface area contributed by atoms with Crippen LogP contribution in [0.2, 0.25) is 0 Å². The van der Waals surface area contributed by atoms with Gasteiger partial charge in [0, 0.05) is 10.9 Å². The van der Waals surface area contributed by atoms with Gasteiger partial charge in [-0.3, -0.25) is 0 Å². The summed E-state index contributed by atoms with van der Waals surface area (Å²) in [7, 11) is 0. The van der Waals surface area contributed by atoms with E-state index in [0.717, 1.165) is 30.4 Å². The first-order chi connectivity index (χ1) is 16.3. The predicted molar refractivity (Wildman–Crippen MR) is 128 cm³/mol. The second-order valence-electron chi connectivity index (χ2n) is 8.56. The lowest BCUT2D eigenvalue weighted by Crippen LogP contribution is -2.07. The lowest BCUT2D eigenvalue weighted by atomic mass is 9.96. The first-order valence-electron chi connectivity index (χ1n) is 11.5. The molecule has 0 amide bonds. The maximum absolute atomic E-state index is 15.3. The Balaban J connectivity index is 1.57. The van der Waals surface area contributed by atoms with Crippen LogP contribution in [0.25, 0.3) is 33.0 Å². The molecule has 0 fully saturated rings. The second kappa shape index (κ2) is 9.96. The summed E-state index contributed by atoms with van der Waals surface area (Å²) in [6, 6.07) is 19.0. The van der Waals surface area contributed by atoms with Crippen LogP contribution in [0.15, 0.2) is 72.8 Å². The number of halogens is 5. The van der Waals surface area contributed by atoms with E-state index in [1.807, 2.05) is 24.3 Å². The number of aryl methyl sites for hydroxylation is 1. The Morgan fingerprint density at radius 3 is 2.06 bits per heavy atom. The van der Waals surface area contributed by atoms with Crippen LogP contribution >= 0.6 is 0 Å². The topological polar surface area (TPSA) is 0 Å². The molecule has 0 bridgehead atoms. The smallest absolute Gasteiger partial charge is 0.206 e. The van der Waals surface area contributed by atoms with Crippen molar-refractivity contribution in [1.29, 1.82) is 0 Å². The maximum Gasteiger partial charge on any atom is 0.419 e. The van der Waals surface area contributed by atoms with Crippen molar-refractivity contribution < 1.29 is 22.0 Å². The Morgan fingerprint density at radius 1 is 0.676 bits per heavy atom. The normalized spacial score (nSPS) is 11.8. The SMILES string of the molecule is CCCCCCc1ccc2c(F)c(-c3ccc(-c4ccc(C(F)(F)F)c(F)c4)cc3)ccc2c1. The monoisotopic (exact) mass is 468 g/mol. The highest BCUT2D eigenvalue weighted by Crippen LogP contribution is 2.35. The molecule has 0 saturated carbocycles. The van der Waals surface area contributed by atoms with E-state index in [0.29, 0.717) is 27.6 Å². The van der Waals surface area contributed by atoms with Crippen LogP contribution in [0, 0.1) is 11.6 Å². The molecular weight excluding hydrogens is 443 g/mol. The molecule has 0 aliphatic heterocycles. The standard InChI is InChI=1S/C29H25F5/c1-2-3-4-5-6-19-7-14-25-23(17-19)12-15-24(28(25)31)21-10-8-20(9-11-21)22-13-16-26(27(30)18-22)29(32,33)34/h7-18H,2-6H2,1H3. The molecule has 34 heavy (non-hydrogen) atoms. The van der Waals surface area contributed by atoms with E-state index in [4.69, 9.17) is 0 Å². The molecule has 0 nitrogen and oxygen atoms in total. The predicted octanol–water partition coefficient (Wildman–Crippen LogP) is 9.59. The molecule has 4 aromatic carbocycles. The van der Waals surface area contributed by atoms with Gasteiger partial charge >= 0.3 is 6.18 Å². The Kier molecular flexibility index (Phi) is 7.01. The highest BCUT2D eigenvalue weighted by molar-refractivity contribution is 5.89. The van der Waals surface area contributed by atoms with Crippen LogP contribution < -0.4 is 0 Å². The fraction of sp³-hybridized carbons (Fsp3) is 0.241. The van der Waals surface area contributed by atoms with E-state index in [-0.39, 0.29) is 5.82 Å². The summed E-state index contributed by atoms with van der Waals surface area (Å²) in [6.07, 6.45) is 0.958. The zero-order valence-electron chi connectivity index (χ0n) is 18.9. The Morgan fingerprint density at radius 2 is 1.38 bits per heavy atom. The van der Waals surface area contributed by atoms with Crippen LogP contribution in [0.3, 0.4) is 0 Å². The van der Waals surface area contributed by atoms with Gasteiger partial charge in [0.15, 0.2) is 0 Å². The molecule has 0 atom stereocenters. The molecule has 0 saturated heterocycles. The molecular formula is C29H25F5. The molecule has 0 spiro atoms. The molecule has 4 rings (SSSR count). The average Bonchev–Trinajstić information content (AvgIpc) is 2.81. The molecule has 0 unspecified atom stereocenters. The van der Waals surface area contributed by atoms with E-state index in [1.165, 1.54) is 30.9 Å². The number of unbranched alkanes of at least 4 members (excludes halogenated alkanes) is 3. The van der Waals surface area contributed by atoms with Gasteiger partial charge in [0.2, 0.25) is 0 Å². The zero-order valence-corrected chi connectivity index (χ0v) is 18.9. The third kappa shape index (κ3) is 5.14. The van der Waals surface area contributed by atoms with Gasteiger partial charge in [-0.2, -0.15) is 13.2 Å². The van der Waals surface area contributed by atoms with Crippen molar-refractivity contribution in [3.8, 4) is 22.3 Å². The number of fused-ring (bicyclic) bond motifs is 1. The first kappa shape index (κ1) is 23.9. The number of hydrogen-bond donors (Lipinski definition) is 0. The number of rotatable bonds is 7. The van der Waals surface area contributed by atoms with E-state index in [9.17, 15) is 17.6 Å². The minimum atomic E-state index is -4.74. The highest BCUT2D eigenvalue weighted by Gasteiger charge is 2.33. The van der Waals surface area contributed by atoms with Gasteiger partial charge in [0.25, 0.3) is 0 Å². The summed E-state index contributed by atoms with van der Waals surface area (Å²) in [5.41, 5.74) is 1.85. The van der Waals surface area contributed by atoms with E-state index in [1.54, 1.807) is 30.3 Å². The van der Waals surface area contributed by atoms with Crippen molar-refractivity contribution in [2.24, 2.45) is 0 Å². The lowest BCUT2D eigenvalue weighted by molar-refractivity contribution is -0.139. The Labute approximate surface area is 196 Å². The molecule has 176 valence electrons. The maximum atomic E-state index is 15.3. The van der Waals surface area contributed by atoms with Crippen molar-refractivity contribution in [2.75, 3.05) is 0 Å². The van der Waals surface area contributed by atoms with E-state index < -0.39 is 17.6 Å². The molecule has 0 N–H and O–H groups in total. The van der Waals surface area contributed by atoms with Gasteiger partial charge in [0.1, 0.15) is 11.6 Å². The van der Waals surface area contributed by atoms with Crippen molar-refractivity contribution in [3.63, 3.8) is 0 Å². The molecule has 0 radical (unpaired) electrons. The van der Waals surface area contributed by atoms with Crippen LogP contribution in [0.4, 0.5) is 22.0 Å². The van der Waals surface area contributed by atoms with Crippen molar-refractivity contribution in [1.82, 2.24) is 0 Å². The van der Waals surface area contributed by atoms with Gasteiger partial charge < -0.3 is 0 Å². The second-order valence-corrected chi connectivity index (χ2v) is 8.56. The van der Waals surface area contributed by atoms with Crippen molar-refractivity contribution >= 4 is 10.8 Å². The summed E-state index contributed by atoms with van der Waals surface area (Å²) in [4.78, 5) is 0. The van der Waals surface area contributed by atoms with Crippen LogP contribution in [-0.2, 0) is 12.6 Å². The van der Waals surface area contributed by atoms with E-state index in [2.05, 4.69) is 6.92 Å². The van der Waals surface area contributed by atoms with Crippen LogP contribution in [-0.4, -0.2) is 0 Å². The lowest BCUT2D eigenvalue weighted by Gasteiger charge is -2.11. The van der Waals surface area contributed by atoms with Crippen molar-refractivity contribution in [2.45, 2.75) is 45.2 Å². The molecule has 5 heteroatoms. The first-order valence-corrected chi connectivity index (χ1v) is 11.5. The van der Waals surface area contributed by atoms with Crippen LogP contribution in [0.5, 0.6) is 0 Å². The van der Waals surface area contributed by atoms with Gasteiger partial charge in [-0.25, -0.2) is 8.78 Å². The van der Waals surface area contributed by atoms with Gasteiger partial charge in [-0.05, 0) is 52.6 Å². The summed E-state index contributed by atoms with van der Waals surface area (Å²) >= 11 is 0. The quantitative estimate of drug-likeness (QED) is 0.187. The molecule has 0 aliphatic rings.